The first-order chi connectivity index (χ1) is 14.6. The van der Waals surface area contributed by atoms with E-state index in [1.54, 1.807) is 7.11 Å². The highest BCUT2D eigenvalue weighted by Crippen LogP contribution is 2.28. The van der Waals surface area contributed by atoms with E-state index in [2.05, 4.69) is 9.88 Å². The molecule has 1 aliphatic heterocycles. The topological polar surface area (TPSA) is 58.8 Å². The fourth-order valence-corrected chi connectivity index (χ4v) is 3.77. The quantitative estimate of drug-likeness (QED) is 0.601. The minimum atomic E-state index is -0.126. The first-order valence-electron chi connectivity index (χ1n) is 10.0. The third kappa shape index (κ3) is 4.14. The van der Waals surface area contributed by atoms with Gasteiger partial charge in [-0.3, -0.25) is 4.79 Å². The number of anilines is 1. The molecule has 0 radical (unpaired) electrons. The van der Waals surface area contributed by atoms with Gasteiger partial charge in [-0.05, 0) is 42.5 Å². The van der Waals surface area contributed by atoms with Crippen molar-refractivity contribution in [1.82, 2.24) is 9.88 Å². The van der Waals surface area contributed by atoms with Crippen molar-refractivity contribution in [3.63, 3.8) is 0 Å². The van der Waals surface area contributed by atoms with E-state index in [-0.39, 0.29) is 5.91 Å². The van der Waals surface area contributed by atoms with Crippen LogP contribution < -0.4 is 9.64 Å². The highest BCUT2D eigenvalue weighted by atomic mass is 35.5. The van der Waals surface area contributed by atoms with Crippen LogP contribution in [0.25, 0.3) is 11.3 Å². The van der Waals surface area contributed by atoms with E-state index in [4.69, 9.17) is 20.8 Å². The molecule has 4 rings (SSSR count). The molecule has 156 valence electrons. The Morgan fingerprint density at radius 2 is 1.87 bits per heavy atom. The van der Waals surface area contributed by atoms with Gasteiger partial charge in [0.15, 0.2) is 5.89 Å². The van der Waals surface area contributed by atoms with Crippen LogP contribution in [-0.4, -0.2) is 49.1 Å². The van der Waals surface area contributed by atoms with Crippen LogP contribution >= 0.6 is 11.6 Å². The largest absolute Gasteiger partial charge is 0.497 e. The average molecular weight is 426 g/mol. The van der Waals surface area contributed by atoms with Gasteiger partial charge in [0.1, 0.15) is 11.4 Å². The van der Waals surface area contributed by atoms with Crippen molar-refractivity contribution in [2.75, 3.05) is 38.2 Å². The summed E-state index contributed by atoms with van der Waals surface area (Å²) in [4.78, 5) is 21.9. The van der Waals surface area contributed by atoms with Gasteiger partial charge in [0.25, 0.3) is 5.91 Å². The number of ether oxygens (including phenoxy) is 1. The van der Waals surface area contributed by atoms with Gasteiger partial charge in [0, 0.05) is 48.9 Å². The summed E-state index contributed by atoms with van der Waals surface area (Å²) in [6.45, 7) is 4.64. The molecule has 1 aromatic heterocycles. The average Bonchev–Trinajstić information content (AvgIpc) is 3.23. The van der Waals surface area contributed by atoms with Gasteiger partial charge in [-0.25, -0.2) is 4.98 Å². The molecule has 0 N–H and O–H groups in total. The SMILES string of the molecule is CCc1nc(-c2ccc(OC)cc2)c(C(=O)N2CCN(c3cccc(Cl)c3)CC2)o1. The summed E-state index contributed by atoms with van der Waals surface area (Å²) >= 11 is 6.12. The molecule has 1 fully saturated rings. The second-order valence-electron chi connectivity index (χ2n) is 7.13. The molecule has 3 aromatic rings. The number of aryl methyl sites for hydroxylation is 1. The maximum Gasteiger partial charge on any atom is 0.292 e. The van der Waals surface area contributed by atoms with Gasteiger partial charge < -0.3 is 19.0 Å². The number of halogens is 1. The number of aromatic nitrogens is 1. The Morgan fingerprint density at radius 1 is 1.13 bits per heavy atom. The van der Waals surface area contributed by atoms with Crippen molar-refractivity contribution in [3.05, 3.63) is 65.2 Å². The molecule has 0 saturated carbocycles. The molecule has 0 aliphatic carbocycles. The number of nitrogens with zero attached hydrogens (tertiary/aromatic N) is 3. The number of amides is 1. The molecule has 0 bridgehead atoms. The Balaban J connectivity index is 1.53. The van der Waals surface area contributed by atoms with Gasteiger partial charge in [-0.1, -0.05) is 24.6 Å². The van der Waals surface area contributed by atoms with Gasteiger partial charge in [0.2, 0.25) is 5.76 Å². The summed E-state index contributed by atoms with van der Waals surface area (Å²) in [5.74, 6) is 1.48. The summed E-state index contributed by atoms with van der Waals surface area (Å²) < 4.78 is 11.1. The maximum absolute atomic E-state index is 13.3. The lowest BCUT2D eigenvalue weighted by atomic mass is 10.1. The summed E-state index contributed by atoms with van der Waals surface area (Å²) in [6.07, 6.45) is 0.624. The van der Waals surface area contributed by atoms with Crippen molar-refractivity contribution in [3.8, 4) is 17.0 Å². The first-order valence-corrected chi connectivity index (χ1v) is 10.4. The second-order valence-corrected chi connectivity index (χ2v) is 7.56. The van der Waals surface area contributed by atoms with E-state index in [0.29, 0.717) is 41.9 Å². The Morgan fingerprint density at radius 3 is 2.50 bits per heavy atom. The Labute approximate surface area is 181 Å². The minimum Gasteiger partial charge on any atom is -0.497 e. The number of rotatable bonds is 5. The lowest BCUT2D eigenvalue weighted by Crippen LogP contribution is -2.48. The first kappa shape index (κ1) is 20.3. The number of carbonyl (C=O) groups excluding carboxylic acids is 1. The molecule has 30 heavy (non-hydrogen) atoms. The predicted octanol–water partition coefficient (Wildman–Crippen LogP) is 4.53. The van der Waals surface area contributed by atoms with Crippen molar-refractivity contribution in [2.24, 2.45) is 0 Å². The number of hydrogen-bond donors (Lipinski definition) is 0. The lowest BCUT2D eigenvalue weighted by Gasteiger charge is -2.35. The van der Waals surface area contributed by atoms with Crippen LogP contribution in [0.3, 0.4) is 0 Å². The molecule has 0 spiro atoms. The van der Waals surface area contributed by atoms with Crippen LogP contribution in [-0.2, 0) is 6.42 Å². The number of methoxy groups -OCH3 is 1. The smallest absolute Gasteiger partial charge is 0.292 e. The zero-order chi connectivity index (χ0) is 21.1. The summed E-state index contributed by atoms with van der Waals surface area (Å²) in [5.41, 5.74) is 2.48. The van der Waals surface area contributed by atoms with E-state index in [1.165, 1.54) is 0 Å². The fraction of sp³-hybridized carbons (Fsp3) is 0.304. The van der Waals surface area contributed by atoms with E-state index in [0.717, 1.165) is 30.1 Å². The summed E-state index contributed by atoms with van der Waals surface area (Å²) in [6, 6.07) is 15.3. The van der Waals surface area contributed by atoms with Crippen molar-refractivity contribution < 1.29 is 13.9 Å². The number of hydrogen-bond acceptors (Lipinski definition) is 5. The van der Waals surface area contributed by atoms with Crippen LogP contribution in [0.5, 0.6) is 5.75 Å². The van der Waals surface area contributed by atoms with Gasteiger partial charge in [-0.2, -0.15) is 0 Å². The van der Waals surface area contributed by atoms with Gasteiger partial charge in [0.05, 0.1) is 7.11 Å². The van der Waals surface area contributed by atoms with Crippen LogP contribution in [0.15, 0.2) is 52.9 Å². The normalized spacial score (nSPS) is 14.1. The third-order valence-electron chi connectivity index (χ3n) is 5.27. The molecular formula is C23H24ClN3O3. The molecular weight excluding hydrogens is 402 g/mol. The van der Waals surface area contributed by atoms with Crippen LogP contribution in [0, 0.1) is 0 Å². The zero-order valence-electron chi connectivity index (χ0n) is 17.1. The van der Waals surface area contributed by atoms with Crippen LogP contribution in [0.1, 0.15) is 23.4 Å². The molecule has 2 heterocycles. The monoisotopic (exact) mass is 425 g/mol. The van der Waals surface area contributed by atoms with E-state index < -0.39 is 0 Å². The molecule has 1 saturated heterocycles. The predicted molar refractivity (Wildman–Crippen MR) is 117 cm³/mol. The Hall–Kier alpha value is -2.99. The molecule has 0 unspecified atom stereocenters. The summed E-state index contributed by atoms with van der Waals surface area (Å²) in [7, 11) is 1.62. The molecule has 1 amide bonds. The second kappa shape index (κ2) is 8.79. The van der Waals surface area contributed by atoms with Crippen molar-refractivity contribution in [2.45, 2.75) is 13.3 Å². The standard InChI is InChI=1S/C23H24ClN3O3/c1-3-20-25-21(16-7-9-19(29-2)10-8-16)22(30-20)23(28)27-13-11-26(12-14-27)18-6-4-5-17(24)15-18/h4-10,15H,3,11-14H2,1-2H3. The molecule has 2 aromatic carbocycles. The van der Waals surface area contributed by atoms with Crippen LogP contribution in [0.2, 0.25) is 5.02 Å². The lowest BCUT2D eigenvalue weighted by molar-refractivity contribution is 0.0714. The number of benzene rings is 2. The molecule has 0 atom stereocenters. The van der Waals surface area contributed by atoms with Gasteiger partial charge >= 0.3 is 0 Å². The summed E-state index contributed by atoms with van der Waals surface area (Å²) in [5, 5.41) is 0.712. The van der Waals surface area contributed by atoms with E-state index in [1.807, 2.05) is 60.4 Å². The molecule has 1 aliphatic rings. The van der Waals surface area contributed by atoms with Crippen molar-refractivity contribution in [1.29, 1.82) is 0 Å². The fourth-order valence-electron chi connectivity index (χ4n) is 3.59. The number of piperazine rings is 1. The maximum atomic E-state index is 13.3. The van der Waals surface area contributed by atoms with E-state index >= 15 is 0 Å². The van der Waals surface area contributed by atoms with Crippen LogP contribution in [0.4, 0.5) is 5.69 Å². The van der Waals surface area contributed by atoms with Gasteiger partial charge in [-0.15, -0.1) is 0 Å². The minimum absolute atomic E-state index is 0.126. The number of oxazole rings is 1. The zero-order valence-corrected chi connectivity index (χ0v) is 17.9. The molecule has 7 heteroatoms. The van der Waals surface area contributed by atoms with Crippen molar-refractivity contribution >= 4 is 23.2 Å². The highest BCUT2D eigenvalue weighted by Gasteiger charge is 2.28. The highest BCUT2D eigenvalue weighted by molar-refractivity contribution is 6.30. The third-order valence-corrected chi connectivity index (χ3v) is 5.51. The molecule has 6 nitrogen and oxygen atoms in total. The van der Waals surface area contributed by atoms with E-state index in [9.17, 15) is 4.79 Å². The Kier molecular flexibility index (Phi) is 5.95. The number of carbonyl (C=O) groups is 1. The Bertz CT molecular complexity index is 1020.